The Morgan fingerprint density at radius 3 is 2.50 bits per heavy atom. The Morgan fingerprint density at radius 1 is 1.36 bits per heavy atom. The zero-order valence-corrected chi connectivity index (χ0v) is 9.42. The minimum absolute atomic E-state index is 0.00174. The number of rotatable bonds is 4. The molecule has 1 rings (SSSR count). The van der Waals surface area contributed by atoms with Gasteiger partial charge in [0.05, 0.1) is 12.1 Å². The predicted molar refractivity (Wildman–Crippen MR) is 58.9 cm³/mol. The Balaban J connectivity index is 2.40. The highest BCUT2D eigenvalue weighted by atomic mass is 14.9. The van der Waals surface area contributed by atoms with Crippen LogP contribution >= 0.6 is 0 Å². The van der Waals surface area contributed by atoms with E-state index in [1.165, 1.54) is 32.1 Å². The molecule has 0 amide bonds. The van der Waals surface area contributed by atoms with Crippen LogP contribution in [-0.4, -0.2) is 12.1 Å². The summed E-state index contributed by atoms with van der Waals surface area (Å²) in [6.07, 6.45) is 8.01. The Kier molecular flexibility index (Phi) is 4.97. The number of hydrogen-bond donors (Lipinski definition) is 1. The smallest absolute Gasteiger partial charge is 0.0926 e. The van der Waals surface area contributed by atoms with Crippen molar-refractivity contribution in [2.75, 3.05) is 0 Å². The van der Waals surface area contributed by atoms with Crippen LogP contribution in [0.15, 0.2) is 0 Å². The Morgan fingerprint density at radius 2 is 2.00 bits per heavy atom. The van der Waals surface area contributed by atoms with E-state index in [9.17, 15) is 0 Å². The van der Waals surface area contributed by atoms with Gasteiger partial charge in [-0.1, -0.05) is 26.2 Å². The number of nitrogens with one attached hydrogen (secondary N) is 1. The molecule has 0 spiro atoms. The van der Waals surface area contributed by atoms with Gasteiger partial charge < -0.3 is 0 Å². The summed E-state index contributed by atoms with van der Waals surface area (Å²) in [6.45, 7) is 4.17. The van der Waals surface area contributed by atoms with Crippen molar-refractivity contribution in [3.8, 4) is 6.07 Å². The SMILES string of the molecule is CCC(NC(C)C#N)C1CCCCC1. The molecule has 0 saturated heterocycles. The van der Waals surface area contributed by atoms with Crippen LogP contribution in [-0.2, 0) is 0 Å². The molecule has 1 fully saturated rings. The first kappa shape index (κ1) is 11.5. The highest BCUT2D eigenvalue weighted by Gasteiger charge is 2.22. The van der Waals surface area contributed by atoms with Crippen LogP contribution in [0.2, 0.25) is 0 Å². The van der Waals surface area contributed by atoms with Gasteiger partial charge in [0.25, 0.3) is 0 Å². The molecule has 2 atom stereocenters. The molecule has 0 aromatic rings. The molecule has 1 saturated carbocycles. The van der Waals surface area contributed by atoms with Crippen LogP contribution in [0, 0.1) is 17.2 Å². The summed E-state index contributed by atoms with van der Waals surface area (Å²) >= 11 is 0. The molecule has 14 heavy (non-hydrogen) atoms. The fourth-order valence-electron chi connectivity index (χ4n) is 2.48. The monoisotopic (exact) mass is 194 g/mol. The molecule has 1 aliphatic rings. The standard InChI is InChI=1S/C12H22N2/c1-3-12(14-10(2)9-13)11-7-5-4-6-8-11/h10-12,14H,3-8H2,1-2H3. The Hall–Kier alpha value is -0.550. The van der Waals surface area contributed by atoms with Crippen LogP contribution in [0.3, 0.4) is 0 Å². The van der Waals surface area contributed by atoms with Gasteiger partial charge in [-0.3, -0.25) is 5.32 Å². The highest BCUT2D eigenvalue weighted by molar-refractivity contribution is 4.90. The van der Waals surface area contributed by atoms with Gasteiger partial charge in [-0.15, -0.1) is 0 Å². The van der Waals surface area contributed by atoms with E-state index in [1.807, 2.05) is 6.92 Å². The fourth-order valence-corrected chi connectivity index (χ4v) is 2.48. The lowest BCUT2D eigenvalue weighted by Crippen LogP contribution is -2.41. The molecule has 0 bridgehead atoms. The normalized spacial score (nSPS) is 22.6. The molecule has 0 radical (unpaired) electrons. The Labute approximate surface area is 87.7 Å². The molecule has 80 valence electrons. The van der Waals surface area contributed by atoms with E-state index >= 15 is 0 Å². The number of nitrogens with zero attached hydrogens (tertiary/aromatic N) is 1. The lowest BCUT2D eigenvalue weighted by Gasteiger charge is -2.31. The minimum Gasteiger partial charge on any atom is -0.299 e. The number of nitriles is 1. The van der Waals surface area contributed by atoms with E-state index < -0.39 is 0 Å². The Bertz CT molecular complexity index is 189. The van der Waals surface area contributed by atoms with E-state index in [0.717, 1.165) is 12.3 Å². The molecule has 2 unspecified atom stereocenters. The maximum absolute atomic E-state index is 8.77. The molecule has 1 aliphatic carbocycles. The first-order valence-electron chi connectivity index (χ1n) is 5.93. The quantitative estimate of drug-likeness (QED) is 0.747. The van der Waals surface area contributed by atoms with E-state index in [0.29, 0.717) is 6.04 Å². The van der Waals surface area contributed by atoms with Gasteiger partial charge in [0.2, 0.25) is 0 Å². The first-order chi connectivity index (χ1) is 6.77. The van der Waals surface area contributed by atoms with Crippen molar-refractivity contribution in [3.63, 3.8) is 0 Å². The van der Waals surface area contributed by atoms with Gasteiger partial charge in [0.1, 0.15) is 0 Å². The minimum atomic E-state index is 0.00174. The average Bonchev–Trinajstić information content (AvgIpc) is 2.26. The van der Waals surface area contributed by atoms with Crippen molar-refractivity contribution >= 4 is 0 Å². The molecular formula is C12H22N2. The van der Waals surface area contributed by atoms with Gasteiger partial charge >= 0.3 is 0 Å². The van der Waals surface area contributed by atoms with Gasteiger partial charge in [-0.05, 0) is 32.1 Å². The van der Waals surface area contributed by atoms with Crippen molar-refractivity contribution in [2.45, 2.75) is 64.5 Å². The van der Waals surface area contributed by atoms with Crippen molar-refractivity contribution in [1.29, 1.82) is 5.26 Å². The average molecular weight is 194 g/mol. The predicted octanol–water partition coefficient (Wildman–Crippen LogP) is 2.85. The summed E-state index contributed by atoms with van der Waals surface area (Å²) in [6, 6.07) is 2.82. The largest absolute Gasteiger partial charge is 0.299 e. The van der Waals surface area contributed by atoms with Crippen molar-refractivity contribution < 1.29 is 0 Å². The second-order valence-electron chi connectivity index (χ2n) is 4.43. The van der Waals surface area contributed by atoms with Gasteiger partial charge in [-0.25, -0.2) is 0 Å². The maximum Gasteiger partial charge on any atom is 0.0926 e. The van der Waals surface area contributed by atoms with Crippen LogP contribution in [0.1, 0.15) is 52.4 Å². The summed E-state index contributed by atoms with van der Waals surface area (Å²) < 4.78 is 0. The van der Waals surface area contributed by atoms with Gasteiger partial charge in [-0.2, -0.15) is 5.26 Å². The zero-order valence-electron chi connectivity index (χ0n) is 9.42. The van der Waals surface area contributed by atoms with Crippen molar-refractivity contribution in [2.24, 2.45) is 5.92 Å². The molecule has 0 aromatic carbocycles. The summed E-state index contributed by atoms with van der Waals surface area (Å²) in [5.41, 5.74) is 0. The van der Waals surface area contributed by atoms with Crippen LogP contribution in [0.25, 0.3) is 0 Å². The number of hydrogen-bond acceptors (Lipinski definition) is 2. The lowest BCUT2D eigenvalue weighted by molar-refractivity contribution is 0.257. The molecule has 0 heterocycles. The van der Waals surface area contributed by atoms with Crippen LogP contribution in [0.4, 0.5) is 0 Å². The molecule has 0 aromatic heterocycles. The molecule has 2 heteroatoms. The van der Waals surface area contributed by atoms with E-state index in [2.05, 4.69) is 18.3 Å². The van der Waals surface area contributed by atoms with Crippen LogP contribution in [0.5, 0.6) is 0 Å². The van der Waals surface area contributed by atoms with Gasteiger partial charge in [0, 0.05) is 6.04 Å². The third kappa shape index (κ3) is 3.31. The summed E-state index contributed by atoms with van der Waals surface area (Å²) in [4.78, 5) is 0. The van der Waals surface area contributed by atoms with E-state index in [4.69, 9.17) is 5.26 Å². The molecular weight excluding hydrogens is 172 g/mol. The molecule has 2 nitrogen and oxygen atoms in total. The van der Waals surface area contributed by atoms with Gasteiger partial charge in [0.15, 0.2) is 0 Å². The summed E-state index contributed by atoms with van der Waals surface area (Å²) in [7, 11) is 0. The van der Waals surface area contributed by atoms with E-state index in [1.54, 1.807) is 0 Å². The van der Waals surface area contributed by atoms with E-state index in [-0.39, 0.29) is 6.04 Å². The second kappa shape index (κ2) is 6.03. The zero-order chi connectivity index (χ0) is 10.4. The topological polar surface area (TPSA) is 35.8 Å². The molecule has 1 N–H and O–H groups in total. The second-order valence-corrected chi connectivity index (χ2v) is 4.43. The maximum atomic E-state index is 8.77. The van der Waals surface area contributed by atoms with Crippen LogP contribution < -0.4 is 5.32 Å². The summed E-state index contributed by atoms with van der Waals surface area (Å²) in [5.74, 6) is 0.810. The van der Waals surface area contributed by atoms with Crippen molar-refractivity contribution in [1.82, 2.24) is 5.32 Å². The lowest BCUT2D eigenvalue weighted by atomic mass is 9.82. The fraction of sp³-hybridized carbons (Fsp3) is 0.917. The first-order valence-corrected chi connectivity index (χ1v) is 5.93. The third-order valence-electron chi connectivity index (χ3n) is 3.32. The third-order valence-corrected chi connectivity index (χ3v) is 3.32. The highest BCUT2D eigenvalue weighted by Crippen LogP contribution is 2.27. The summed E-state index contributed by atoms with van der Waals surface area (Å²) in [5, 5.41) is 12.2. The molecule has 0 aliphatic heterocycles. The van der Waals surface area contributed by atoms with Crippen molar-refractivity contribution in [3.05, 3.63) is 0 Å².